The standard InChI is InChI=1S/C21H24N2O3S/c1-26-21(25)18-15-23(12-13-27-18)19(24)14-22-20(16-8-4-2-5-9-16)17-10-6-3-7-11-17/h2-11,18,20,22H,12-15H2,1H3/t18-/m0/s1. The van der Waals surface area contributed by atoms with Gasteiger partial charge in [0, 0.05) is 18.8 Å². The number of nitrogens with one attached hydrogen (secondary N) is 1. The Labute approximate surface area is 164 Å². The lowest BCUT2D eigenvalue weighted by Gasteiger charge is -2.31. The molecule has 1 amide bonds. The number of benzene rings is 2. The van der Waals surface area contributed by atoms with E-state index in [1.54, 1.807) is 16.7 Å². The predicted octanol–water partition coefficient (Wildman–Crippen LogP) is 2.48. The summed E-state index contributed by atoms with van der Waals surface area (Å²) in [6, 6.07) is 20.1. The van der Waals surface area contributed by atoms with Crippen molar-refractivity contribution >= 4 is 23.6 Å². The summed E-state index contributed by atoms with van der Waals surface area (Å²) in [7, 11) is 1.38. The Balaban J connectivity index is 1.66. The first-order chi connectivity index (χ1) is 13.2. The number of esters is 1. The van der Waals surface area contributed by atoms with Crippen LogP contribution in [0.1, 0.15) is 17.2 Å². The molecule has 0 aromatic heterocycles. The second-order valence-corrected chi connectivity index (χ2v) is 7.67. The maximum Gasteiger partial charge on any atom is 0.320 e. The highest BCUT2D eigenvalue weighted by molar-refractivity contribution is 8.00. The molecule has 0 unspecified atom stereocenters. The fraction of sp³-hybridized carbons (Fsp3) is 0.333. The molecule has 1 N–H and O–H groups in total. The molecule has 1 aliphatic rings. The van der Waals surface area contributed by atoms with Gasteiger partial charge in [0.1, 0.15) is 5.25 Å². The van der Waals surface area contributed by atoms with Gasteiger partial charge in [-0.1, -0.05) is 60.7 Å². The molecule has 0 radical (unpaired) electrons. The maximum absolute atomic E-state index is 12.7. The van der Waals surface area contributed by atoms with Crippen LogP contribution in [0.25, 0.3) is 0 Å². The molecule has 5 nitrogen and oxygen atoms in total. The normalized spacial score (nSPS) is 17.0. The molecule has 6 heteroatoms. The van der Waals surface area contributed by atoms with Gasteiger partial charge in [-0.25, -0.2) is 0 Å². The fourth-order valence-corrected chi connectivity index (χ4v) is 4.30. The van der Waals surface area contributed by atoms with Gasteiger partial charge in [0.15, 0.2) is 0 Å². The average Bonchev–Trinajstić information content (AvgIpc) is 2.74. The van der Waals surface area contributed by atoms with Crippen molar-refractivity contribution in [2.24, 2.45) is 0 Å². The Hall–Kier alpha value is -2.31. The third kappa shape index (κ3) is 5.11. The van der Waals surface area contributed by atoms with Gasteiger partial charge < -0.3 is 9.64 Å². The van der Waals surface area contributed by atoms with Gasteiger partial charge in [-0.3, -0.25) is 14.9 Å². The Morgan fingerprint density at radius 1 is 1.11 bits per heavy atom. The van der Waals surface area contributed by atoms with E-state index in [0.717, 1.165) is 16.9 Å². The summed E-state index contributed by atoms with van der Waals surface area (Å²) in [5.41, 5.74) is 2.22. The van der Waals surface area contributed by atoms with Crippen molar-refractivity contribution in [3.63, 3.8) is 0 Å². The molecule has 0 saturated carbocycles. The number of methoxy groups -OCH3 is 1. The molecule has 1 heterocycles. The number of ether oxygens (including phenoxy) is 1. The van der Waals surface area contributed by atoms with Crippen LogP contribution in [0.4, 0.5) is 0 Å². The van der Waals surface area contributed by atoms with Crippen LogP contribution in [-0.4, -0.2) is 54.5 Å². The van der Waals surface area contributed by atoms with Crippen LogP contribution in [0.3, 0.4) is 0 Å². The van der Waals surface area contributed by atoms with Gasteiger partial charge in [-0.05, 0) is 11.1 Å². The van der Waals surface area contributed by atoms with E-state index >= 15 is 0 Å². The largest absolute Gasteiger partial charge is 0.468 e. The van der Waals surface area contributed by atoms with Crippen LogP contribution < -0.4 is 5.32 Å². The van der Waals surface area contributed by atoms with E-state index in [2.05, 4.69) is 29.6 Å². The van der Waals surface area contributed by atoms with Crippen molar-refractivity contribution in [1.29, 1.82) is 0 Å². The Morgan fingerprint density at radius 3 is 2.26 bits per heavy atom. The average molecular weight is 385 g/mol. The molecule has 0 spiro atoms. The number of carbonyl (C=O) groups is 2. The van der Waals surface area contributed by atoms with E-state index in [1.165, 1.54) is 7.11 Å². The number of rotatable bonds is 6. The van der Waals surface area contributed by atoms with Crippen molar-refractivity contribution in [3.05, 3.63) is 71.8 Å². The van der Waals surface area contributed by atoms with Crippen molar-refractivity contribution in [2.75, 3.05) is 32.5 Å². The smallest absolute Gasteiger partial charge is 0.320 e. The van der Waals surface area contributed by atoms with Gasteiger partial charge in [0.2, 0.25) is 5.91 Å². The minimum absolute atomic E-state index is 0.000986. The first kappa shape index (κ1) is 19.5. The molecule has 2 aromatic carbocycles. The van der Waals surface area contributed by atoms with Crippen molar-refractivity contribution in [3.8, 4) is 0 Å². The number of thioether (sulfide) groups is 1. The molecule has 1 fully saturated rings. The van der Waals surface area contributed by atoms with Crippen LogP contribution in [0, 0.1) is 0 Å². The molecular formula is C21H24N2O3S. The molecule has 0 bridgehead atoms. The first-order valence-corrected chi connectivity index (χ1v) is 10.0. The van der Waals surface area contributed by atoms with Gasteiger partial charge in [-0.15, -0.1) is 11.8 Å². The summed E-state index contributed by atoms with van der Waals surface area (Å²) in [4.78, 5) is 26.2. The SMILES string of the molecule is COC(=O)[C@@H]1CN(C(=O)CNC(c2ccccc2)c2ccccc2)CCS1. The van der Waals surface area contributed by atoms with E-state index in [1.807, 2.05) is 36.4 Å². The van der Waals surface area contributed by atoms with Gasteiger partial charge >= 0.3 is 5.97 Å². The minimum Gasteiger partial charge on any atom is -0.468 e. The van der Waals surface area contributed by atoms with E-state index in [0.29, 0.717) is 13.1 Å². The molecule has 3 rings (SSSR count). The number of hydrogen-bond donors (Lipinski definition) is 1. The number of hydrogen-bond acceptors (Lipinski definition) is 5. The molecule has 142 valence electrons. The van der Waals surface area contributed by atoms with Crippen LogP contribution in [0.15, 0.2) is 60.7 Å². The monoisotopic (exact) mass is 384 g/mol. The Morgan fingerprint density at radius 2 is 1.70 bits per heavy atom. The fourth-order valence-electron chi connectivity index (χ4n) is 3.17. The van der Waals surface area contributed by atoms with Crippen molar-refractivity contribution < 1.29 is 14.3 Å². The Bertz CT molecular complexity index is 715. The second-order valence-electron chi connectivity index (χ2n) is 6.36. The lowest BCUT2D eigenvalue weighted by Crippen LogP contribution is -2.48. The summed E-state index contributed by atoms with van der Waals surface area (Å²) in [6.07, 6.45) is 0. The first-order valence-electron chi connectivity index (χ1n) is 8.99. The number of nitrogens with zero attached hydrogens (tertiary/aromatic N) is 1. The van der Waals surface area contributed by atoms with Gasteiger partial charge in [0.05, 0.1) is 19.7 Å². The molecule has 27 heavy (non-hydrogen) atoms. The van der Waals surface area contributed by atoms with Crippen LogP contribution in [0.5, 0.6) is 0 Å². The highest BCUT2D eigenvalue weighted by Gasteiger charge is 2.29. The summed E-state index contributed by atoms with van der Waals surface area (Å²) in [5, 5.41) is 3.09. The predicted molar refractivity (Wildman–Crippen MR) is 108 cm³/mol. The highest BCUT2D eigenvalue weighted by atomic mass is 32.2. The number of carbonyl (C=O) groups excluding carboxylic acids is 2. The van der Waals surface area contributed by atoms with Crippen LogP contribution in [0.2, 0.25) is 0 Å². The van der Waals surface area contributed by atoms with Crippen LogP contribution >= 0.6 is 11.8 Å². The molecule has 0 aliphatic carbocycles. The minimum atomic E-state index is -0.299. The topological polar surface area (TPSA) is 58.6 Å². The van der Waals surface area contributed by atoms with E-state index in [4.69, 9.17) is 4.74 Å². The maximum atomic E-state index is 12.7. The van der Waals surface area contributed by atoms with Crippen molar-refractivity contribution in [2.45, 2.75) is 11.3 Å². The van der Waals surface area contributed by atoms with Crippen molar-refractivity contribution in [1.82, 2.24) is 10.2 Å². The summed E-state index contributed by atoms with van der Waals surface area (Å²) < 4.78 is 4.82. The third-order valence-corrected chi connectivity index (χ3v) is 5.77. The van der Waals surface area contributed by atoms with Gasteiger partial charge in [0.25, 0.3) is 0 Å². The zero-order valence-corrected chi connectivity index (χ0v) is 16.2. The lowest BCUT2D eigenvalue weighted by molar-refractivity contribution is -0.141. The van der Waals surface area contributed by atoms with E-state index in [-0.39, 0.29) is 29.7 Å². The molecule has 2 aromatic rings. The lowest BCUT2D eigenvalue weighted by atomic mass is 9.99. The molecule has 1 atom stereocenters. The Kier molecular flexibility index (Phi) is 6.90. The highest BCUT2D eigenvalue weighted by Crippen LogP contribution is 2.22. The van der Waals surface area contributed by atoms with E-state index in [9.17, 15) is 9.59 Å². The van der Waals surface area contributed by atoms with Gasteiger partial charge in [-0.2, -0.15) is 0 Å². The second kappa shape index (κ2) is 9.58. The molecular weight excluding hydrogens is 360 g/mol. The molecule has 1 saturated heterocycles. The quantitative estimate of drug-likeness (QED) is 0.776. The number of amides is 1. The zero-order valence-electron chi connectivity index (χ0n) is 15.3. The molecule has 1 aliphatic heterocycles. The summed E-state index contributed by atoms with van der Waals surface area (Å²) in [5.74, 6) is 0.477. The zero-order chi connectivity index (χ0) is 19.1. The summed E-state index contributed by atoms with van der Waals surface area (Å²) >= 11 is 1.55. The van der Waals surface area contributed by atoms with E-state index < -0.39 is 0 Å². The third-order valence-electron chi connectivity index (χ3n) is 4.61. The van der Waals surface area contributed by atoms with Crippen LogP contribution in [-0.2, 0) is 14.3 Å². The summed E-state index contributed by atoms with van der Waals surface area (Å²) in [6.45, 7) is 1.27.